The Hall–Kier alpha value is -2.27. The Morgan fingerprint density at radius 2 is 2.00 bits per heavy atom. The number of H-pyrrole nitrogens is 1. The number of nitrogens with zero attached hydrogens (tertiary/aromatic N) is 2. The maximum absolute atomic E-state index is 5.63. The van der Waals surface area contributed by atoms with E-state index in [1.54, 1.807) is 12.4 Å². The fraction of sp³-hybridized carbons (Fsp3) is 0.188. The van der Waals surface area contributed by atoms with Crippen LogP contribution in [0.4, 0.5) is 0 Å². The van der Waals surface area contributed by atoms with Gasteiger partial charge in [0, 0.05) is 22.5 Å². The Balaban J connectivity index is 2.12. The number of nitrogens with one attached hydrogen (secondary N) is 1. The first kappa shape index (κ1) is 13.7. The highest BCUT2D eigenvalue weighted by atomic mass is 32.1. The van der Waals surface area contributed by atoms with Crippen molar-refractivity contribution >= 4 is 23.0 Å². The van der Waals surface area contributed by atoms with E-state index in [0.717, 1.165) is 34.2 Å². The van der Waals surface area contributed by atoms with Crippen molar-refractivity contribution in [2.24, 2.45) is 0 Å². The molecule has 4 nitrogen and oxygen atoms in total. The summed E-state index contributed by atoms with van der Waals surface area (Å²) in [5.41, 5.74) is 1.74. The van der Waals surface area contributed by atoms with E-state index in [4.69, 9.17) is 17.0 Å². The van der Waals surface area contributed by atoms with Crippen LogP contribution in [-0.2, 0) is 0 Å². The van der Waals surface area contributed by atoms with Gasteiger partial charge in [-0.15, -0.1) is 0 Å². The first-order valence-corrected chi connectivity index (χ1v) is 7.26. The van der Waals surface area contributed by atoms with Crippen LogP contribution in [0.5, 0.6) is 5.75 Å². The van der Waals surface area contributed by atoms with Gasteiger partial charge in [0.2, 0.25) is 0 Å². The number of benzene rings is 1. The summed E-state index contributed by atoms with van der Waals surface area (Å²) in [6.07, 6.45) is 4.46. The summed E-state index contributed by atoms with van der Waals surface area (Å²) in [6, 6.07) is 9.90. The minimum Gasteiger partial charge on any atom is -0.492 e. The SMILES string of the molecule is CCCOc1cncc(-c2n[nH]c(=S)c3ccccc23)c1. The second-order valence-corrected chi connectivity index (χ2v) is 5.11. The largest absolute Gasteiger partial charge is 0.492 e. The van der Waals surface area contributed by atoms with Gasteiger partial charge < -0.3 is 4.74 Å². The molecular formula is C16H15N3OS. The minimum absolute atomic E-state index is 0.640. The van der Waals surface area contributed by atoms with E-state index in [9.17, 15) is 0 Å². The van der Waals surface area contributed by atoms with E-state index >= 15 is 0 Å². The average Bonchev–Trinajstić information content (AvgIpc) is 2.54. The third-order valence-corrected chi connectivity index (χ3v) is 3.47. The molecule has 1 aromatic carbocycles. The van der Waals surface area contributed by atoms with Crippen molar-refractivity contribution in [1.29, 1.82) is 0 Å². The van der Waals surface area contributed by atoms with Gasteiger partial charge in [-0.25, -0.2) is 0 Å². The smallest absolute Gasteiger partial charge is 0.138 e. The lowest BCUT2D eigenvalue weighted by Crippen LogP contribution is -1.97. The molecule has 0 aliphatic carbocycles. The fourth-order valence-electron chi connectivity index (χ4n) is 2.18. The number of aromatic nitrogens is 3. The Bertz CT molecular complexity index is 829. The van der Waals surface area contributed by atoms with Crippen molar-refractivity contribution in [3.05, 3.63) is 47.4 Å². The summed E-state index contributed by atoms with van der Waals surface area (Å²) >= 11 is 5.29. The van der Waals surface area contributed by atoms with E-state index in [0.29, 0.717) is 11.2 Å². The lowest BCUT2D eigenvalue weighted by Gasteiger charge is -2.08. The molecule has 0 bridgehead atoms. The standard InChI is InChI=1S/C16H15N3OS/c1-2-7-20-12-8-11(9-17-10-12)15-13-5-3-4-6-14(13)16(21)19-18-15/h3-6,8-10H,2,7H2,1H3,(H,19,21). The summed E-state index contributed by atoms with van der Waals surface area (Å²) < 4.78 is 6.27. The maximum Gasteiger partial charge on any atom is 0.138 e. The molecule has 0 spiro atoms. The van der Waals surface area contributed by atoms with Gasteiger partial charge in [0.05, 0.1) is 12.8 Å². The van der Waals surface area contributed by atoms with Gasteiger partial charge in [0.25, 0.3) is 0 Å². The van der Waals surface area contributed by atoms with Crippen molar-refractivity contribution in [3.63, 3.8) is 0 Å². The van der Waals surface area contributed by atoms with Gasteiger partial charge in [-0.2, -0.15) is 5.10 Å². The van der Waals surface area contributed by atoms with E-state index < -0.39 is 0 Å². The van der Waals surface area contributed by atoms with Crippen LogP contribution in [0.15, 0.2) is 42.7 Å². The topological polar surface area (TPSA) is 50.8 Å². The normalized spacial score (nSPS) is 10.7. The molecule has 2 aromatic heterocycles. The lowest BCUT2D eigenvalue weighted by atomic mass is 10.1. The number of hydrogen-bond acceptors (Lipinski definition) is 4. The van der Waals surface area contributed by atoms with Gasteiger partial charge in [-0.3, -0.25) is 10.1 Å². The second kappa shape index (κ2) is 6.01. The second-order valence-electron chi connectivity index (χ2n) is 4.70. The highest BCUT2D eigenvalue weighted by Gasteiger charge is 2.08. The molecule has 0 unspecified atom stereocenters. The summed E-state index contributed by atoms with van der Waals surface area (Å²) in [5.74, 6) is 0.752. The summed E-state index contributed by atoms with van der Waals surface area (Å²) in [6.45, 7) is 2.75. The zero-order valence-corrected chi connectivity index (χ0v) is 12.5. The number of aromatic amines is 1. The highest BCUT2D eigenvalue weighted by molar-refractivity contribution is 7.71. The molecule has 0 aliphatic rings. The van der Waals surface area contributed by atoms with Crippen LogP contribution in [0.3, 0.4) is 0 Å². The van der Waals surface area contributed by atoms with Crippen molar-refractivity contribution in [2.75, 3.05) is 6.61 Å². The van der Waals surface area contributed by atoms with E-state index in [-0.39, 0.29) is 0 Å². The number of rotatable bonds is 4. The molecule has 0 radical (unpaired) electrons. The van der Waals surface area contributed by atoms with E-state index in [1.807, 2.05) is 30.3 Å². The molecule has 1 N–H and O–H groups in total. The number of pyridine rings is 1. The zero-order chi connectivity index (χ0) is 14.7. The van der Waals surface area contributed by atoms with Crippen molar-refractivity contribution in [1.82, 2.24) is 15.2 Å². The molecule has 0 fully saturated rings. The van der Waals surface area contributed by atoms with Crippen LogP contribution in [0.1, 0.15) is 13.3 Å². The van der Waals surface area contributed by atoms with Crippen molar-refractivity contribution < 1.29 is 4.74 Å². The third-order valence-electron chi connectivity index (χ3n) is 3.16. The van der Waals surface area contributed by atoms with Crippen LogP contribution >= 0.6 is 12.2 Å². The van der Waals surface area contributed by atoms with Gasteiger partial charge in [0.1, 0.15) is 16.1 Å². The van der Waals surface area contributed by atoms with Gasteiger partial charge >= 0.3 is 0 Å². The molecule has 0 saturated carbocycles. The first-order chi connectivity index (χ1) is 10.3. The molecule has 5 heteroatoms. The van der Waals surface area contributed by atoms with E-state index in [2.05, 4.69) is 22.1 Å². The quantitative estimate of drug-likeness (QED) is 0.735. The maximum atomic E-state index is 5.63. The summed E-state index contributed by atoms with van der Waals surface area (Å²) in [5, 5.41) is 9.27. The Morgan fingerprint density at radius 3 is 2.81 bits per heavy atom. The van der Waals surface area contributed by atoms with Crippen LogP contribution < -0.4 is 4.74 Å². The average molecular weight is 297 g/mol. The molecule has 2 heterocycles. The minimum atomic E-state index is 0.640. The number of hydrogen-bond donors (Lipinski definition) is 1. The molecule has 3 aromatic rings. The van der Waals surface area contributed by atoms with Gasteiger partial charge in [-0.05, 0) is 12.5 Å². The predicted molar refractivity (Wildman–Crippen MR) is 85.9 cm³/mol. The Labute approximate surface area is 127 Å². The summed E-state index contributed by atoms with van der Waals surface area (Å²) in [4.78, 5) is 4.24. The van der Waals surface area contributed by atoms with Crippen LogP contribution in [0.25, 0.3) is 22.0 Å². The lowest BCUT2D eigenvalue weighted by molar-refractivity contribution is 0.316. The van der Waals surface area contributed by atoms with E-state index in [1.165, 1.54) is 0 Å². The zero-order valence-electron chi connectivity index (χ0n) is 11.7. The van der Waals surface area contributed by atoms with Crippen LogP contribution in [-0.4, -0.2) is 21.8 Å². The van der Waals surface area contributed by atoms with Crippen molar-refractivity contribution in [3.8, 4) is 17.0 Å². The van der Waals surface area contributed by atoms with Gasteiger partial charge in [-0.1, -0.05) is 43.4 Å². The molecular weight excluding hydrogens is 282 g/mol. The molecule has 0 atom stereocenters. The third kappa shape index (κ3) is 2.78. The van der Waals surface area contributed by atoms with Crippen LogP contribution in [0, 0.1) is 4.64 Å². The van der Waals surface area contributed by atoms with Gasteiger partial charge in [0.15, 0.2) is 0 Å². The first-order valence-electron chi connectivity index (χ1n) is 6.85. The highest BCUT2D eigenvalue weighted by Crippen LogP contribution is 2.27. The predicted octanol–water partition coefficient (Wildman–Crippen LogP) is 4.14. The van der Waals surface area contributed by atoms with Crippen molar-refractivity contribution in [2.45, 2.75) is 13.3 Å². The monoisotopic (exact) mass is 297 g/mol. The molecule has 0 saturated heterocycles. The molecule has 0 aliphatic heterocycles. The Morgan fingerprint density at radius 1 is 1.19 bits per heavy atom. The Kier molecular flexibility index (Phi) is 3.92. The molecule has 0 amide bonds. The molecule has 3 rings (SSSR count). The van der Waals surface area contributed by atoms with Crippen LogP contribution in [0.2, 0.25) is 0 Å². The molecule has 21 heavy (non-hydrogen) atoms. The number of fused-ring (bicyclic) bond motifs is 1. The molecule has 106 valence electrons. The summed E-state index contributed by atoms with van der Waals surface area (Å²) in [7, 11) is 0. The fourth-order valence-corrected chi connectivity index (χ4v) is 2.41. The number of ether oxygens (including phenoxy) is 1.